The lowest BCUT2D eigenvalue weighted by Crippen LogP contribution is -2.57. The maximum atomic E-state index is 13.1. The van der Waals surface area contributed by atoms with Gasteiger partial charge in [0.1, 0.15) is 5.75 Å². The summed E-state index contributed by atoms with van der Waals surface area (Å²) in [4.78, 5) is 15.1. The fourth-order valence-corrected chi connectivity index (χ4v) is 4.41. The van der Waals surface area contributed by atoms with Crippen LogP contribution >= 0.6 is 0 Å². The van der Waals surface area contributed by atoms with Crippen molar-refractivity contribution in [3.8, 4) is 5.75 Å². The number of benzene rings is 1. The van der Waals surface area contributed by atoms with Gasteiger partial charge in [0.2, 0.25) is 0 Å². The maximum Gasteiger partial charge on any atom is 0.322 e. The van der Waals surface area contributed by atoms with E-state index in [1.165, 1.54) is 24.8 Å². The van der Waals surface area contributed by atoms with Crippen LogP contribution in [0.2, 0.25) is 0 Å². The van der Waals surface area contributed by atoms with Crippen LogP contribution in [0, 0.1) is 0 Å². The number of hydrogen-bond acceptors (Lipinski definition) is 2. The summed E-state index contributed by atoms with van der Waals surface area (Å²) >= 11 is 0. The number of ether oxygens (including phenoxy) is 1. The van der Waals surface area contributed by atoms with Crippen LogP contribution in [0.4, 0.5) is 10.5 Å². The number of urea groups is 1. The first-order chi connectivity index (χ1) is 11.4. The predicted octanol–water partition coefficient (Wildman–Crippen LogP) is 4.83. The van der Waals surface area contributed by atoms with E-state index in [1.54, 1.807) is 7.11 Å². The van der Waals surface area contributed by atoms with E-state index in [2.05, 4.69) is 32.2 Å². The van der Waals surface area contributed by atoms with Gasteiger partial charge in [-0.3, -0.25) is 4.90 Å². The van der Waals surface area contributed by atoms with Crippen molar-refractivity contribution in [2.45, 2.75) is 76.8 Å². The molecule has 132 valence electrons. The summed E-state index contributed by atoms with van der Waals surface area (Å²) in [5, 5.41) is 3.28. The third kappa shape index (κ3) is 3.24. The van der Waals surface area contributed by atoms with Crippen molar-refractivity contribution < 1.29 is 9.53 Å². The van der Waals surface area contributed by atoms with Crippen LogP contribution in [0.25, 0.3) is 0 Å². The largest absolute Gasteiger partial charge is 0.497 e. The highest BCUT2D eigenvalue weighted by atomic mass is 16.5. The van der Waals surface area contributed by atoms with E-state index in [9.17, 15) is 4.79 Å². The molecule has 24 heavy (non-hydrogen) atoms. The Balaban J connectivity index is 1.92. The first-order valence-corrected chi connectivity index (χ1v) is 9.21. The number of methoxy groups -OCH3 is 1. The van der Waals surface area contributed by atoms with Crippen molar-refractivity contribution >= 4 is 11.7 Å². The Hall–Kier alpha value is -1.71. The molecule has 2 amide bonds. The van der Waals surface area contributed by atoms with Crippen LogP contribution in [-0.2, 0) is 0 Å². The molecule has 1 aromatic carbocycles. The fourth-order valence-electron chi connectivity index (χ4n) is 4.41. The quantitative estimate of drug-likeness (QED) is 0.844. The molecule has 1 unspecified atom stereocenters. The minimum absolute atomic E-state index is 0.0355. The van der Waals surface area contributed by atoms with Crippen LogP contribution in [0.1, 0.15) is 70.8 Å². The highest BCUT2D eigenvalue weighted by molar-refractivity contribution is 5.95. The lowest BCUT2D eigenvalue weighted by atomic mass is 9.80. The molecule has 4 nitrogen and oxygen atoms in total. The molecule has 2 aliphatic rings. The molecule has 1 atom stereocenters. The van der Waals surface area contributed by atoms with Gasteiger partial charge in [-0.2, -0.15) is 0 Å². The van der Waals surface area contributed by atoms with Crippen LogP contribution in [0.5, 0.6) is 5.75 Å². The minimum atomic E-state index is -0.211. The Kier molecular flexibility index (Phi) is 4.75. The summed E-state index contributed by atoms with van der Waals surface area (Å²) in [6.07, 6.45) is 6.89. The van der Waals surface area contributed by atoms with Gasteiger partial charge in [-0.1, -0.05) is 32.3 Å². The van der Waals surface area contributed by atoms with E-state index in [0.717, 1.165) is 30.7 Å². The standard InChI is InChI=1S/C20H30N2O2/c1-14-13-20(2,3)22(18-12-16(24-4)10-11-17(14)18)19(23)21-15-8-6-5-7-9-15/h10-12,14-15H,5-9,13H2,1-4H3,(H,21,23). The third-order valence-electron chi connectivity index (χ3n) is 5.56. The number of anilines is 1. The van der Waals surface area contributed by atoms with E-state index in [4.69, 9.17) is 4.74 Å². The minimum Gasteiger partial charge on any atom is -0.497 e. The van der Waals surface area contributed by atoms with Gasteiger partial charge in [0, 0.05) is 17.6 Å². The summed E-state index contributed by atoms with van der Waals surface area (Å²) in [5.41, 5.74) is 2.01. The molecule has 0 bridgehead atoms. The highest BCUT2D eigenvalue weighted by Crippen LogP contribution is 2.44. The average Bonchev–Trinajstić information content (AvgIpc) is 2.54. The van der Waals surface area contributed by atoms with Crippen molar-refractivity contribution in [3.05, 3.63) is 23.8 Å². The van der Waals surface area contributed by atoms with Gasteiger partial charge in [0.25, 0.3) is 0 Å². The van der Waals surface area contributed by atoms with E-state index in [-0.39, 0.29) is 11.6 Å². The molecule has 0 spiro atoms. The molecule has 4 heteroatoms. The first kappa shape index (κ1) is 17.1. The Morgan fingerprint density at radius 2 is 1.96 bits per heavy atom. The van der Waals surface area contributed by atoms with Crippen molar-refractivity contribution in [2.24, 2.45) is 0 Å². The summed E-state index contributed by atoms with van der Waals surface area (Å²) in [7, 11) is 1.67. The van der Waals surface area contributed by atoms with Gasteiger partial charge in [-0.15, -0.1) is 0 Å². The number of fused-ring (bicyclic) bond motifs is 1. The number of carbonyl (C=O) groups excluding carboxylic acids is 1. The normalized spacial score (nSPS) is 23.5. The van der Waals surface area contributed by atoms with Crippen molar-refractivity contribution in [3.63, 3.8) is 0 Å². The summed E-state index contributed by atoms with van der Waals surface area (Å²) in [6.45, 7) is 6.56. The molecule has 1 aliphatic heterocycles. The third-order valence-corrected chi connectivity index (χ3v) is 5.56. The van der Waals surface area contributed by atoms with E-state index in [1.807, 2.05) is 17.0 Å². The van der Waals surface area contributed by atoms with E-state index >= 15 is 0 Å². The molecule has 1 saturated carbocycles. The molecule has 3 rings (SSSR count). The summed E-state index contributed by atoms with van der Waals surface area (Å²) < 4.78 is 5.40. The fraction of sp³-hybridized carbons (Fsp3) is 0.650. The predicted molar refractivity (Wildman–Crippen MR) is 98.0 cm³/mol. The summed E-state index contributed by atoms with van der Waals surface area (Å²) in [6, 6.07) is 6.45. The second kappa shape index (κ2) is 6.66. The molecular weight excluding hydrogens is 300 g/mol. The monoisotopic (exact) mass is 330 g/mol. The summed E-state index contributed by atoms with van der Waals surface area (Å²) in [5.74, 6) is 1.23. The average molecular weight is 330 g/mol. The maximum absolute atomic E-state index is 13.1. The second-order valence-corrected chi connectivity index (χ2v) is 7.96. The zero-order chi connectivity index (χ0) is 17.3. The second-order valence-electron chi connectivity index (χ2n) is 7.96. The molecular formula is C20H30N2O2. The molecule has 0 radical (unpaired) electrons. The van der Waals surface area contributed by atoms with Gasteiger partial charge < -0.3 is 10.1 Å². The lowest BCUT2D eigenvalue weighted by molar-refractivity contribution is 0.228. The molecule has 1 fully saturated rings. The van der Waals surface area contributed by atoms with Crippen molar-refractivity contribution in [1.82, 2.24) is 5.32 Å². The van der Waals surface area contributed by atoms with Crippen LogP contribution in [-0.4, -0.2) is 24.7 Å². The molecule has 1 heterocycles. The van der Waals surface area contributed by atoms with Crippen molar-refractivity contribution in [2.75, 3.05) is 12.0 Å². The smallest absolute Gasteiger partial charge is 0.322 e. The SMILES string of the molecule is COc1ccc2c(c1)N(C(=O)NC1CCCCC1)C(C)(C)CC2C. The topological polar surface area (TPSA) is 41.6 Å². The number of hydrogen-bond donors (Lipinski definition) is 1. The first-order valence-electron chi connectivity index (χ1n) is 9.21. The molecule has 1 N–H and O–H groups in total. The molecule has 1 aromatic rings. The number of carbonyl (C=O) groups is 1. The van der Waals surface area contributed by atoms with E-state index < -0.39 is 0 Å². The molecule has 1 aliphatic carbocycles. The number of amides is 2. The Labute approximate surface area is 145 Å². The highest BCUT2D eigenvalue weighted by Gasteiger charge is 2.40. The zero-order valence-corrected chi connectivity index (χ0v) is 15.4. The van der Waals surface area contributed by atoms with Crippen molar-refractivity contribution in [1.29, 1.82) is 0 Å². The molecule has 0 saturated heterocycles. The number of nitrogens with zero attached hydrogens (tertiary/aromatic N) is 1. The van der Waals surface area contributed by atoms with Gasteiger partial charge in [0.15, 0.2) is 0 Å². The number of rotatable bonds is 2. The Bertz CT molecular complexity index is 606. The zero-order valence-electron chi connectivity index (χ0n) is 15.4. The van der Waals surface area contributed by atoms with E-state index in [0.29, 0.717) is 12.0 Å². The Morgan fingerprint density at radius 1 is 1.25 bits per heavy atom. The molecule has 0 aromatic heterocycles. The van der Waals surface area contributed by atoms with Gasteiger partial charge in [-0.05, 0) is 50.7 Å². The Morgan fingerprint density at radius 3 is 2.62 bits per heavy atom. The van der Waals surface area contributed by atoms with Gasteiger partial charge in [0.05, 0.1) is 12.8 Å². The van der Waals surface area contributed by atoms with Gasteiger partial charge >= 0.3 is 6.03 Å². The number of nitrogens with one attached hydrogen (secondary N) is 1. The lowest BCUT2D eigenvalue weighted by Gasteiger charge is -2.46. The van der Waals surface area contributed by atoms with Crippen LogP contribution in [0.3, 0.4) is 0 Å². The van der Waals surface area contributed by atoms with Gasteiger partial charge in [-0.25, -0.2) is 4.79 Å². The van der Waals surface area contributed by atoms with Crippen LogP contribution < -0.4 is 15.0 Å². The van der Waals surface area contributed by atoms with Crippen LogP contribution in [0.15, 0.2) is 18.2 Å².